The molecular weight excluding hydrogens is 639 g/mol. The molecule has 2 saturated heterocycles. The highest BCUT2D eigenvalue weighted by Gasteiger charge is 2.58. The van der Waals surface area contributed by atoms with Crippen molar-refractivity contribution in [1.29, 1.82) is 0 Å². The highest BCUT2D eigenvalue weighted by Crippen LogP contribution is 2.43. The van der Waals surface area contributed by atoms with Gasteiger partial charge in [0.2, 0.25) is 14.7 Å². The van der Waals surface area contributed by atoms with Gasteiger partial charge < -0.3 is 75.8 Å². The smallest absolute Gasteiger partial charge is 0.232 e. The number of ether oxygens (including phenoxy) is 2. The number of hydrogen-bond donors (Lipinski definition) is 11. The molecule has 0 radical (unpaired) electrons. The lowest BCUT2D eigenvalue weighted by atomic mass is 9.95. The second-order valence-corrected chi connectivity index (χ2v) is 11.5. The lowest BCUT2D eigenvalue weighted by molar-refractivity contribution is -0.333. The van der Waals surface area contributed by atoms with Crippen LogP contribution in [0.5, 0.6) is 0 Å². The molecule has 0 aliphatic carbocycles. The largest absolute Gasteiger partial charge is 0.394 e. The number of nitrogens with zero attached hydrogens (tertiary/aromatic N) is 6. The van der Waals surface area contributed by atoms with E-state index < -0.39 is 82.8 Å². The fourth-order valence-corrected chi connectivity index (χ4v) is 5.41. The van der Waals surface area contributed by atoms with Crippen molar-refractivity contribution >= 4 is 42.1 Å². The maximum atomic E-state index is 10.7. The van der Waals surface area contributed by atoms with E-state index in [0.29, 0.717) is 22.1 Å². The minimum atomic E-state index is -2.29. The number of aliphatic hydroxyl groups is 8. The van der Waals surface area contributed by atoms with Crippen molar-refractivity contribution in [3.05, 3.63) is 37.2 Å². The lowest BCUT2D eigenvalue weighted by Gasteiger charge is -2.29. The Morgan fingerprint density at radius 2 is 1.30 bits per heavy atom. The molecule has 21 nitrogen and oxygen atoms in total. The Kier molecular flexibility index (Phi) is 9.98. The van der Waals surface area contributed by atoms with Crippen LogP contribution in [0, 0.1) is 0 Å². The number of aromatic nitrogens is 6. The van der Waals surface area contributed by atoms with Crippen LogP contribution in [0.1, 0.15) is 12.5 Å². The van der Waals surface area contributed by atoms with Gasteiger partial charge in [-0.1, -0.05) is 0 Å². The molecule has 2 aliphatic heterocycles. The van der Waals surface area contributed by atoms with Crippen LogP contribution in [0.2, 0.25) is 0 Å². The van der Waals surface area contributed by atoms with Crippen LogP contribution in [0.15, 0.2) is 37.2 Å². The second-order valence-electron chi connectivity index (χ2n) is 10.4. The van der Waals surface area contributed by atoms with Crippen molar-refractivity contribution in [2.45, 2.75) is 48.3 Å². The summed E-state index contributed by atoms with van der Waals surface area (Å²) in [5, 5.41) is 79.5. The number of rotatable bonds is 9. The summed E-state index contributed by atoms with van der Waals surface area (Å²) in [6, 6.07) is 3.23. The van der Waals surface area contributed by atoms with Crippen LogP contribution < -0.4 is 11.5 Å². The van der Waals surface area contributed by atoms with Gasteiger partial charge in [-0.15, -0.1) is 0 Å². The van der Waals surface area contributed by atoms with Crippen molar-refractivity contribution in [1.82, 2.24) is 29.1 Å². The van der Waals surface area contributed by atoms with Gasteiger partial charge >= 0.3 is 0 Å². The molecule has 4 aromatic heterocycles. The zero-order valence-corrected chi connectivity index (χ0v) is 24.6. The topological polar surface area (TPSA) is 332 Å². The van der Waals surface area contributed by atoms with Gasteiger partial charge in [0.25, 0.3) is 0 Å². The molecule has 4 aromatic rings. The van der Waals surface area contributed by atoms with Gasteiger partial charge in [-0.25, -0.2) is 19.9 Å². The number of aliphatic hydroxyl groups excluding tert-OH is 6. The molecule has 3 unspecified atom stereocenters. The van der Waals surface area contributed by atoms with E-state index in [4.69, 9.17) is 30.9 Å². The maximum absolute atomic E-state index is 10.7. The van der Waals surface area contributed by atoms with Crippen LogP contribution in [0.25, 0.3) is 22.1 Å². The third-order valence-corrected chi connectivity index (χ3v) is 8.17. The Bertz CT molecular complexity index is 1650. The van der Waals surface area contributed by atoms with Crippen molar-refractivity contribution in [3.63, 3.8) is 0 Å². The monoisotopic (exact) mass is 672 g/mol. The second kappa shape index (κ2) is 13.5. The SMILES string of the molecule is Nc1ncnc2c1ccn2[C@@H]1O[C@H](CO)C(O)[C@]1(O)CO.Nc1ncnc2c1ccn2[C@@H]1O[C@H](OOP(O)CO)C(O)[C@]1(O)CO. The Labute approximate surface area is 259 Å². The zero-order valence-electron chi connectivity index (χ0n) is 23.7. The molecule has 0 aromatic carbocycles. The van der Waals surface area contributed by atoms with Gasteiger partial charge in [0.05, 0.1) is 30.6 Å². The Morgan fingerprint density at radius 1 is 0.804 bits per heavy atom. The Balaban J connectivity index is 0.000000184. The van der Waals surface area contributed by atoms with Crippen molar-refractivity contribution < 1.29 is 64.8 Å². The maximum Gasteiger partial charge on any atom is 0.232 e. The molecule has 0 spiro atoms. The van der Waals surface area contributed by atoms with E-state index in [2.05, 4.69) is 24.6 Å². The summed E-state index contributed by atoms with van der Waals surface area (Å²) in [5.74, 6) is 0.475. The normalized spacial score (nSPS) is 31.8. The first-order valence-corrected chi connectivity index (χ1v) is 14.8. The van der Waals surface area contributed by atoms with E-state index in [1.165, 1.54) is 28.0 Å². The average molecular weight is 673 g/mol. The third kappa shape index (κ3) is 5.76. The quantitative estimate of drug-likeness (QED) is 0.0460. The zero-order chi connectivity index (χ0) is 33.4. The molecule has 13 N–H and O–H groups in total. The molecule has 0 bridgehead atoms. The third-order valence-electron chi connectivity index (χ3n) is 7.67. The standard InChI is InChI=1S/C12H17N4O8P.C12H16N4O5/c13-8-6-1-2-16(9(6)15-4-14-8)11-12(20,3-17)7(19)10(22-11)23-24-25(21)5-18;13-9-6-1-2-16(10(6)15-5-14-9)11-12(20,4-18)8(19)7(3-17)21-11/h1-2,4,7,10-11,17-21H,3,5H2,(H2,13,14,15);1-2,5,7-8,11,17-20H,3-4H2,(H2,13,14,15)/t7?,10-,11-,12-,25?;7-,8?,11-,12-/m11/s1. The Hall–Kier alpha value is -3.25. The van der Waals surface area contributed by atoms with Crippen LogP contribution in [0.3, 0.4) is 0 Å². The predicted molar refractivity (Wildman–Crippen MR) is 153 cm³/mol. The highest BCUT2D eigenvalue weighted by atomic mass is 31.2. The van der Waals surface area contributed by atoms with Crippen LogP contribution in [-0.2, 0) is 19.0 Å². The predicted octanol–water partition coefficient (Wildman–Crippen LogP) is -3.86. The van der Waals surface area contributed by atoms with Gasteiger partial charge in [-0.05, 0) is 12.1 Å². The molecule has 6 heterocycles. The van der Waals surface area contributed by atoms with Gasteiger partial charge in [0, 0.05) is 12.4 Å². The van der Waals surface area contributed by atoms with E-state index in [1.54, 1.807) is 18.3 Å². The van der Waals surface area contributed by atoms with Gasteiger partial charge in [0.1, 0.15) is 60.2 Å². The lowest BCUT2D eigenvalue weighted by Crippen LogP contribution is -2.49. The van der Waals surface area contributed by atoms with Gasteiger partial charge in [-0.2, -0.15) is 9.56 Å². The highest BCUT2D eigenvalue weighted by molar-refractivity contribution is 7.45. The molecule has 46 heavy (non-hydrogen) atoms. The first-order valence-electron chi connectivity index (χ1n) is 13.4. The molecule has 2 fully saturated rings. The number of fused-ring (bicyclic) bond motifs is 2. The number of nitrogen functional groups attached to an aromatic ring is 2. The first kappa shape index (κ1) is 34.1. The Morgan fingerprint density at radius 3 is 1.78 bits per heavy atom. The van der Waals surface area contributed by atoms with Crippen molar-refractivity contribution in [2.24, 2.45) is 0 Å². The summed E-state index contributed by atoms with van der Waals surface area (Å²) in [6.45, 7) is -2.10. The fraction of sp³-hybridized carbons (Fsp3) is 0.500. The van der Waals surface area contributed by atoms with Crippen LogP contribution in [-0.4, -0.2) is 137 Å². The molecule has 22 heteroatoms. The summed E-state index contributed by atoms with van der Waals surface area (Å²) >= 11 is 0. The van der Waals surface area contributed by atoms with E-state index in [0.717, 1.165) is 0 Å². The summed E-state index contributed by atoms with van der Waals surface area (Å²) in [5.41, 5.74) is 8.08. The van der Waals surface area contributed by atoms with Crippen LogP contribution >= 0.6 is 8.38 Å². The van der Waals surface area contributed by atoms with Crippen molar-refractivity contribution in [2.75, 3.05) is 37.6 Å². The van der Waals surface area contributed by atoms with Crippen LogP contribution in [0.4, 0.5) is 11.6 Å². The molecule has 0 saturated carbocycles. The molecule has 252 valence electrons. The summed E-state index contributed by atoms with van der Waals surface area (Å²) in [7, 11) is -2.29. The minimum Gasteiger partial charge on any atom is -0.394 e. The van der Waals surface area contributed by atoms with E-state index in [9.17, 15) is 40.6 Å². The molecule has 6 rings (SSSR count). The molecule has 9 atom stereocenters. The van der Waals surface area contributed by atoms with Crippen molar-refractivity contribution in [3.8, 4) is 0 Å². The number of hydrogen-bond acceptors (Lipinski definition) is 19. The van der Waals surface area contributed by atoms with Gasteiger partial charge in [0.15, 0.2) is 23.7 Å². The minimum absolute atomic E-state index is 0.208. The average Bonchev–Trinajstić information content (AvgIpc) is 3.81. The summed E-state index contributed by atoms with van der Waals surface area (Å²) < 4.78 is 18.2. The van der Waals surface area contributed by atoms with E-state index in [1.807, 2.05) is 0 Å². The number of anilines is 2. The van der Waals surface area contributed by atoms with E-state index in [-0.39, 0.29) is 11.6 Å². The summed E-state index contributed by atoms with van der Waals surface area (Å²) in [6.07, 6.45) is -3.27. The molecule has 2 aliphatic rings. The molecule has 0 amide bonds. The summed E-state index contributed by atoms with van der Waals surface area (Å²) in [4.78, 5) is 29.8. The molecular formula is C24H33N8O13P. The van der Waals surface area contributed by atoms with Gasteiger partial charge in [-0.3, -0.25) is 0 Å². The number of nitrogens with two attached hydrogens (primary N) is 2. The fourth-order valence-electron chi connectivity index (χ4n) is 5.18. The van der Waals surface area contributed by atoms with E-state index >= 15 is 0 Å². The first-order chi connectivity index (χ1) is 21.9.